The van der Waals surface area contributed by atoms with Gasteiger partial charge in [-0.1, -0.05) is 33.1 Å². The molecule has 1 aliphatic heterocycles. The number of likely N-dealkylation sites (N-methyl/N-ethyl adjacent to an activating group) is 1. The van der Waals surface area contributed by atoms with Gasteiger partial charge in [0, 0.05) is 13.1 Å². The zero-order chi connectivity index (χ0) is 11.8. The Hall–Kier alpha value is -0.0800. The maximum absolute atomic E-state index is 2.67. The Morgan fingerprint density at radius 3 is 2.50 bits per heavy atom. The Kier molecular flexibility index (Phi) is 7.06. The molecule has 2 nitrogen and oxygen atoms in total. The summed E-state index contributed by atoms with van der Waals surface area (Å²) in [6.45, 7) is 11.1. The van der Waals surface area contributed by atoms with Gasteiger partial charge in [0.2, 0.25) is 0 Å². The van der Waals surface area contributed by atoms with Crippen LogP contribution in [-0.2, 0) is 0 Å². The van der Waals surface area contributed by atoms with Crippen molar-refractivity contribution in [1.82, 2.24) is 9.80 Å². The first-order valence-corrected chi connectivity index (χ1v) is 7.17. The summed E-state index contributed by atoms with van der Waals surface area (Å²) in [5.74, 6) is 0.964. The summed E-state index contributed by atoms with van der Waals surface area (Å²) >= 11 is 0. The summed E-state index contributed by atoms with van der Waals surface area (Å²) in [5, 5.41) is 0. The third-order valence-corrected chi connectivity index (χ3v) is 3.94. The van der Waals surface area contributed by atoms with Gasteiger partial charge in [0.25, 0.3) is 0 Å². The van der Waals surface area contributed by atoms with Crippen molar-refractivity contribution >= 4 is 0 Å². The van der Waals surface area contributed by atoms with Crippen molar-refractivity contribution in [1.29, 1.82) is 0 Å². The standard InChI is InChI=1S/C14H30N2/c1-4-7-14(5-2)8-11-16-10-6-9-15(3)12-13-16/h14H,4-13H2,1-3H3. The van der Waals surface area contributed by atoms with E-state index in [2.05, 4.69) is 30.7 Å². The van der Waals surface area contributed by atoms with Crippen LogP contribution >= 0.6 is 0 Å². The molecule has 0 N–H and O–H groups in total. The molecule has 1 saturated heterocycles. The minimum absolute atomic E-state index is 0.964. The number of rotatable bonds is 6. The largest absolute Gasteiger partial charge is 0.305 e. The van der Waals surface area contributed by atoms with Crippen molar-refractivity contribution in [3.8, 4) is 0 Å². The normalized spacial score (nSPS) is 21.9. The summed E-state index contributed by atoms with van der Waals surface area (Å²) in [4.78, 5) is 5.13. The first-order valence-electron chi connectivity index (χ1n) is 7.17. The van der Waals surface area contributed by atoms with Gasteiger partial charge in [-0.05, 0) is 45.4 Å². The fourth-order valence-electron chi connectivity index (χ4n) is 2.65. The second-order valence-corrected chi connectivity index (χ2v) is 5.35. The Bertz CT molecular complexity index is 170. The number of hydrogen-bond donors (Lipinski definition) is 0. The quantitative estimate of drug-likeness (QED) is 0.687. The summed E-state index contributed by atoms with van der Waals surface area (Å²) in [6.07, 6.45) is 6.89. The molecule has 1 heterocycles. The second kappa shape index (κ2) is 8.08. The minimum Gasteiger partial charge on any atom is -0.305 e. The lowest BCUT2D eigenvalue weighted by Gasteiger charge is -2.23. The number of hydrogen-bond acceptors (Lipinski definition) is 2. The molecule has 0 aromatic rings. The molecule has 0 saturated carbocycles. The molecule has 1 aliphatic rings. The minimum atomic E-state index is 0.964. The van der Waals surface area contributed by atoms with Gasteiger partial charge < -0.3 is 9.80 Å². The number of nitrogens with zero attached hydrogens (tertiary/aromatic N) is 2. The van der Waals surface area contributed by atoms with E-state index in [1.807, 2.05) is 0 Å². The van der Waals surface area contributed by atoms with Crippen LogP contribution in [0.3, 0.4) is 0 Å². The molecular formula is C14H30N2. The van der Waals surface area contributed by atoms with E-state index in [-0.39, 0.29) is 0 Å². The SMILES string of the molecule is CCCC(CC)CCN1CCCN(C)CC1. The molecule has 0 aromatic carbocycles. The fourth-order valence-corrected chi connectivity index (χ4v) is 2.65. The maximum Gasteiger partial charge on any atom is 0.0109 e. The lowest BCUT2D eigenvalue weighted by Crippen LogP contribution is -2.30. The summed E-state index contributed by atoms with van der Waals surface area (Å²) < 4.78 is 0. The van der Waals surface area contributed by atoms with Crippen LogP contribution < -0.4 is 0 Å². The highest BCUT2D eigenvalue weighted by Gasteiger charge is 2.13. The van der Waals surface area contributed by atoms with Crippen molar-refractivity contribution in [2.75, 3.05) is 39.8 Å². The van der Waals surface area contributed by atoms with Crippen molar-refractivity contribution in [3.05, 3.63) is 0 Å². The Morgan fingerprint density at radius 2 is 1.81 bits per heavy atom. The third kappa shape index (κ3) is 5.31. The predicted octanol–water partition coefficient (Wildman–Crippen LogP) is 2.84. The Labute approximate surface area is 102 Å². The van der Waals surface area contributed by atoms with Gasteiger partial charge in [0.05, 0.1) is 0 Å². The summed E-state index contributed by atoms with van der Waals surface area (Å²) in [7, 11) is 2.25. The molecule has 0 aliphatic carbocycles. The molecule has 0 amide bonds. The van der Waals surface area contributed by atoms with Crippen LogP contribution in [0, 0.1) is 5.92 Å². The van der Waals surface area contributed by atoms with Gasteiger partial charge in [-0.2, -0.15) is 0 Å². The van der Waals surface area contributed by atoms with Crippen LogP contribution in [0.5, 0.6) is 0 Å². The molecule has 0 bridgehead atoms. The molecule has 1 unspecified atom stereocenters. The molecule has 1 fully saturated rings. The second-order valence-electron chi connectivity index (χ2n) is 5.35. The van der Waals surface area contributed by atoms with Gasteiger partial charge in [0.15, 0.2) is 0 Å². The van der Waals surface area contributed by atoms with Crippen LogP contribution in [0.2, 0.25) is 0 Å². The molecule has 0 radical (unpaired) electrons. The van der Waals surface area contributed by atoms with E-state index in [0.29, 0.717) is 0 Å². The highest BCUT2D eigenvalue weighted by atomic mass is 15.2. The first kappa shape index (κ1) is 14.0. The first-order chi connectivity index (χ1) is 7.76. The molecule has 16 heavy (non-hydrogen) atoms. The van der Waals surface area contributed by atoms with Gasteiger partial charge in [0.1, 0.15) is 0 Å². The average molecular weight is 226 g/mol. The van der Waals surface area contributed by atoms with Crippen molar-refractivity contribution in [2.45, 2.75) is 46.0 Å². The molecule has 1 atom stereocenters. The zero-order valence-corrected chi connectivity index (χ0v) is 11.5. The lowest BCUT2D eigenvalue weighted by molar-refractivity contribution is 0.249. The van der Waals surface area contributed by atoms with Crippen LogP contribution in [0.15, 0.2) is 0 Å². The summed E-state index contributed by atoms with van der Waals surface area (Å²) in [5.41, 5.74) is 0. The molecular weight excluding hydrogens is 196 g/mol. The molecule has 96 valence electrons. The van der Waals surface area contributed by atoms with Crippen LogP contribution in [0.1, 0.15) is 46.0 Å². The van der Waals surface area contributed by atoms with Crippen molar-refractivity contribution in [2.24, 2.45) is 5.92 Å². The molecule has 0 aromatic heterocycles. The molecule has 1 rings (SSSR count). The Balaban J connectivity index is 2.20. The van der Waals surface area contributed by atoms with Gasteiger partial charge >= 0.3 is 0 Å². The molecule has 2 heteroatoms. The van der Waals surface area contributed by atoms with E-state index in [4.69, 9.17) is 0 Å². The topological polar surface area (TPSA) is 6.48 Å². The van der Waals surface area contributed by atoms with Crippen LogP contribution in [0.4, 0.5) is 0 Å². The van der Waals surface area contributed by atoms with E-state index in [1.54, 1.807) is 0 Å². The van der Waals surface area contributed by atoms with Crippen LogP contribution in [0.25, 0.3) is 0 Å². The van der Waals surface area contributed by atoms with E-state index in [9.17, 15) is 0 Å². The molecule has 0 spiro atoms. The fraction of sp³-hybridized carbons (Fsp3) is 1.00. The maximum atomic E-state index is 2.67. The van der Waals surface area contributed by atoms with Gasteiger partial charge in [-0.15, -0.1) is 0 Å². The van der Waals surface area contributed by atoms with Crippen LogP contribution in [-0.4, -0.2) is 49.6 Å². The zero-order valence-electron chi connectivity index (χ0n) is 11.5. The van der Waals surface area contributed by atoms with Gasteiger partial charge in [-0.25, -0.2) is 0 Å². The smallest absolute Gasteiger partial charge is 0.0109 e. The third-order valence-electron chi connectivity index (χ3n) is 3.94. The highest BCUT2D eigenvalue weighted by molar-refractivity contribution is 4.69. The average Bonchev–Trinajstić information content (AvgIpc) is 2.49. The van der Waals surface area contributed by atoms with Crippen molar-refractivity contribution in [3.63, 3.8) is 0 Å². The van der Waals surface area contributed by atoms with Gasteiger partial charge in [-0.3, -0.25) is 0 Å². The predicted molar refractivity (Wildman–Crippen MR) is 71.9 cm³/mol. The van der Waals surface area contributed by atoms with E-state index < -0.39 is 0 Å². The van der Waals surface area contributed by atoms with E-state index >= 15 is 0 Å². The summed E-state index contributed by atoms with van der Waals surface area (Å²) in [6, 6.07) is 0. The monoisotopic (exact) mass is 226 g/mol. The lowest BCUT2D eigenvalue weighted by atomic mass is 9.97. The van der Waals surface area contributed by atoms with Crippen molar-refractivity contribution < 1.29 is 0 Å². The van der Waals surface area contributed by atoms with E-state index in [1.165, 1.54) is 64.8 Å². The van der Waals surface area contributed by atoms with E-state index in [0.717, 1.165) is 5.92 Å². The Morgan fingerprint density at radius 1 is 1.00 bits per heavy atom. The highest BCUT2D eigenvalue weighted by Crippen LogP contribution is 2.16.